The van der Waals surface area contributed by atoms with Gasteiger partial charge in [0.05, 0.1) is 11.0 Å². The average Bonchev–Trinajstić information content (AvgIpc) is 3.84. The highest BCUT2D eigenvalue weighted by molar-refractivity contribution is 6.24. The summed E-state index contributed by atoms with van der Waals surface area (Å²) in [5.74, 6) is 1.43. The van der Waals surface area contributed by atoms with Crippen LogP contribution >= 0.6 is 0 Å². The summed E-state index contributed by atoms with van der Waals surface area (Å²) in [6.07, 6.45) is 1.15. The second-order valence-corrected chi connectivity index (χ2v) is 17.4. The second-order valence-electron chi connectivity index (χ2n) is 17.4. The molecule has 10 aromatic carbocycles. The van der Waals surface area contributed by atoms with Crippen molar-refractivity contribution in [2.24, 2.45) is 0 Å². The molecule has 12 aromatic rings. The Hall–Kier alpha value is -8.01. The SMILES string of the molecule is c1ccc(-n2c(-c3ccc(-c4cccc5oc6ccc(-c7ccc8c(c7)-c7ccccc7C7CC87c7ccccc7)cc6c45)cc3)nc3c4ccccc4c4ccccc4c32)cc1. The number of hydrogen-bond donors (Lipinski definition) is 0. The molecule has 2 aliphatic carbocycles. The van der Waals surface area contributed by atoms with Crippen molar-refractivity contribution in [1.29, 1.82) is 0 Å². The van der Waals surface area contributed by atoms with Crippen LogP contribution in [0.25, 0.3) is 105 Å². The molecule has 0 spiro atoms. The van der Waals surface area contributed by atoms with Crippen LogP contribution in [0.3, 0.4) is 0 Å². The Bertz CT molecular complexity index is 3820. The first-order chi connectivity index (χ1) is 31.2. The minimum atomic E-state index is 0.0373. The Morgan fingerprint density at radius 1 is 0.460 bits per heavy atom. The average molecular weight is 803 g/mol. The maximum atomic E-state index is 6.57. The summed E-state index contributed by atoms with van der Waals surface area (Å²) in [5, 5.41) is 7.04. The zero-order chi connectivity index (χ0) is 41.2. The van der Waals surface area contributed by atoms with Gasteiger partial charge in [0.1, 0.15) is 17.0 Å². The van der Waals surface area contributed by atoms with Gasteiger partial charge >= 0.3 is 0 Å². The first-order valence-electron chi connectivity index (χ1n) is 22.0. The Morgan fingerprint density at radius 3 is 1.92 bits per heavy atom. The summed E-state index contributed by atoms with van der Waals surface area (Å²) in [6.45, 7) is 0. The molecule has 63 heavy (non-hydrogen) atoms. The lowest BCUT2D eigenvalue weighted by Crippen LogP contribution is -2.17. The van der Waals surface area contributed by atoms with Gasteiger partial charge in [0, 0.05) is 38.2 Å². The Labute approximate surface area is 364 Å². The molecule has 2 aliphatic rings. The summed E-state index contributed by atoms with van der Waals surface area (Å²) >= 11 is 0. The number of nitrogens with zero attached hydrogens (tertiary/aromatic N) is 2. The van der Waals surface area contributed by atoms with E-state index in [0.717, 1.165) is 73.0 Å². The van der Waals surface area contributed by atoms with Crippen LogP contribution in [0.15, 0.2) is 217 Å². The van der Waals surface area contributed by atoms with E-state index in [-0.39, 0.29) is 5.41 Å². The van der Waals surface area contributed by atoms with Crippen molar-refractivity contribution in [2.45, 2.75) is 17.8 Å². The van der Waals surface area contributed by atoms with Gasteiger partial charge in [-0.05, 0) is 110 Å². The van der Waals surface area contributed by atoms with E-state index >= 15 is 0 Å². The van der Waals surface area contributed by atoms with Crippen molar-refractivity contribution in [3.05, 3.63) is 229 Å². The fourth-order valence-corrected chi connectivity index (χ4v) is 11.3. The molecular weight excluding hydrogens is 765 g/mol. The van der Waals surface area contributed by atoms with Crippen molar-refractivity contribution >= 4 is 54.5 Å². The van der Waals surface area contributed by atoms with Crippen LogP contribution in [0, 0.1) is 0 Å². The van der Waals surface area contributed by atoms with Gasteiger partial charge in [-0.1, -0.05) is 176 Å². The number of fused-ring (bicyclic) bond motifs is 15. The number of benzene rings is 10. The quantitative estimate of drug-likeness (QED) is 0.162. The van der Waals surface area contributed by atoms with Crippen LogP contribution < -0.4 is 0 Å². The van der Waals surface area contributed by atoms with Crippen molar-refractivity contribution in [3.8, 4) is 50.5 Å². The molecule has 1 saturated carbocycles. The topological polar surface area (TPSA) is 31.0 Å². The van der Waals surface area contributed by atoms with Crippen LogP contribution in [-0.2, 0) is 5.41 Å². The van der Waals surface area contributed by atoms with E-state index in [4.69, 9.17) is 9.40 Å². The fraction of sp³-hybridized carbons (Fsp3) is 0.0500. The van der Waals surface area contributed by atoms with E-state index in [1.807, 2.05) is 0 Å². The van der Waals surface area contributed by atoms with Gasteiger partial charge in [-0.2, -0.15) is 0 Å². The van der Waals surface area contributed by atoms with Crippen molar-refractivity contribution in [2.75, 3.05) is 0 Å². The first kappa shape index (κ1) is 34.7. The van der Waals surface area contributed by atoms with E-state index < -0.39 is 0 Å². The van der Waals surface area contributed by atoms with Crippen LogP contribution in [0.2, 0.25) is 0 Å². The zero-order valence-corrected chi connectivity index (χ0v) is 34.3. The van der Waals surface area contributed by atoms with Crippen molar-refractivity contribution in [3.63, 3.8) is 0 Å². The molecule has 294 valence electrons. The highest BCUT2D eigenvalue weighted by atomic mass is 16.3. The zero-order valence-electron chi connectivity index (χ0n) is 34.3. The third kappa shape index (κ3) is 4.93. The molecule has 0 amide bonds. The largest absolute Gasteiger partial charge is 0.456 e. The maximum absolute atomic E-state index is 6.57. The predicted octanol–water partition coefficient (Wildman–Crippen LogP) is 15.7. The molecule has 0 aliphatic heterocycles. The molecule has 14 rings (SSSR count). The van der Waals surface area contributed by atoms with Crippen LogP contribution in [-0.4, -0.2) is 9.55 Å². The molecule has 0 saturated heterocycles. The van der Waals surface area contributed by atoms with Crippen LogP contribution in [0.1, 0.15) is 29.0 Å². The number of imidazole rings is 1. The Morgan fingerprint density at radius 2 is 1.10 bits per heavy atom. The van der Waals surface area contributed by atoms with E-state index in [0.29, 0.717) is 5.92 Å². The smallest absolute Gasteiger partial charge is 0.145 e. The van der Waals surface area contributed by atoms with Gasteiger partial charge in [-0.15, -0.1) is 0 Å². The minimum absolute atomic E-state index is 0.0373. The van der Waals surface area contributed by atoms with E-state index in [1.165, 1.54) is 55.1 Å². The molecule has 0 N–H and O–H groups in total. The number of aromatic nitrogens is 2. The first-order valence-corrected chi connectivity index (χ1v) is 22.0. The van der Waals surface area contributed by atoms with Gasteiger partial charge < -0.3 is 4.42 Å². The number of furan rings is 1. The molecule has 2 atom stereocenters. The summed E-state index contributed by atoms with van der Waals surface area (Å²) in [4.78, 5) is 5.47. The number of hydrogen-bond acceptors (Lipinski definition) is 2. The summed E-state index contributed by atoms with van der Waals surface area (Å²) < 4.78 is 8.91. The van der Waals surface area contributed by atoms with Gasteiger partial charge in [0.2, 0.25) is 0 Å². The van der Waals surface area contributed by atoms with Crippen LogP contribution in [0.4, 0.5) is 0 Å². The monoisotopic (exact) mass is 802 g/mol. The summed E-state index contributed by atoms with van der Waals surface area (Å²) in [7, 11) is 0. The molecule has 1 fully saturated rings. The van der Waals surface area contributed by atoms with E-state index in [9.17, 15) is 0 Å². The minimum Gasteiger partial charge on any atom is -0.456 e. The van der Waals surface area contributed by atoms with Crippen molar-refractivity contribution < 1.29 is 4.42 Å². The molecule has 2 unspecified atom stereocenters. The molecule has 3 heteroatoms. The molecule has 2 aromatic heterocycles. The lowest BCUT2D eigenvalue weighted by molar-refractivity contribution is 0.669. The number of para-hydroxylation sites is 1. The highest BCUT2D eigenvalue weighted by Crippen LogP contribution is 2.69. The van der Waals surface area contributed by atoms with Gasteiger partial charge in [-0.25, -0.2) is 4.98 Å². The van der Waals surface area contributed by atoms with Gasteiger partial charge in [0.15, 0.2) is 0 Å². The molecule has 0 radical (unpaired) electrons. The molecule has 0 bridgehead atoms. The summed E-state index contributed by atoms with van der Waals surface area (Å²) in [5.41, 5.74) is 17.8. The molecule has 3 nitrogen and oxygen atoms in total. The second kappa shape index (κ2) is 13.0. The van der Waals surface area contributed by atoms with E-state index in [2.05, 4.69) is 217 Å². The van der Waals surface area contributed by atoms with Crippen molar-refractivity contribution in [1.82, 2.24) is 9.55 Å². The highest BCUT2D eigenvalue weighted by Gasteiger charge is 2.60. The number of rotatable bonds is 5. The molecular formula is C60H38N2O. The lowest BCUT2D eigenvalue weighted by Gasteiger charge is -2.29. The summed E-state index contributed by atoms with van der Waals surface area (Å²) in [6, 6.07) is 77.4. The lowest BCUT2D eigenvalue weighted by atomic mass is 9.74. The third-order valence-corrected chi connectivity index (χ3v) is 14.2. The maximum Gasteiger partial charge on any atom is 0.145 e. The van der Waals surface area contributed by atoms with Gasteiger partial charge in [0.25, 0.3) is 0 Å². The predicted molar refractivity (Wildman–Crippen MR) is 260 cm³/mol. The standard InChI is InChI=1S/C60H38N2O/c1-3-14-41(15-4-1)60-36-53(60)47-21-10-7-20-46(47)50-34-39(30-32-52(50)60)40-31-33-54-51(35-40)56-43(24-13-25-55(56)63-54)37-26-28-38(29-27-37)59-61-57-48-22-11-8-18-44(48)45-19-9-12-23-49(45)58(57)62(59)42-16-5-2-6-17-42/h1-35,53H,36H2. The van der Waals surface area contributed by atoms with E-state index in [1.54, 1.807) is 0 Å². The molecule has 2 heterocycles. The Balaban J connectivity index is 0.900. The Kier molecular flexibility index (Phi) is 7.16. The normalized spacial score (nSPS) is 16.4. The fourth-order valence-electron chi connectivity index (χ4n) is 11.3. The third-order valence-electron chi connectivity index (χ3n) is 14.2. The van der Waals surface area contributed by atoms with Gasteiger partial charge in [-0.3, -0.25) is 4.57 Å². The van der Waals surface area contributed by atoms with Crippen LogP contribution in [0.5, 0.6) is 0 Å².